The number of aliphatic hydroxyl groups excluding tert-OH is 2. The number of anilines is 1. The molecule has 0 bridgehead atoms. The molecule has 4 atom stereocenters. The quantitative estimate of drug-likeness (QED) is 0.215. The van der Waals surface area contributed by atoms with Gasteiger partial charge in [-0.25, -0.2) is 19.9 Å². The second-order valence-electron chi connectivity index (χ2n) is 7.29. The van der Waals surface area contributed by atoms with E-state index in [2.05, 4.69) is 25.3 Å². The SMILES string of the molecule is Nc1ncnc2c1ncn2C1OC(CNCn2cnc3cc(O)c(O)cc32)C(O)C1O. The molecule has 5 rings (SSSR count). The molecule has 13 heteroatoms. The van der Waals surface area contributed by atoms with E-state index in [-0.39, 0.29) is 23.9 Å². The number of nitrogens with two attached hydrogens (primary N) is 1. The van der Waals surface area contributed by atoms with Gasteiger partial charge in [0.15, 0.2) is 29.2 Å². The van der Waals surface area contributed by atoms with Gasteiger partial charge in [-0.2, -0.15) is 0 Å². The molecule has 7 N–H and O–H groups in total. The first-order valence-corrected chi connectivity index (χ1v) is 9.46. The van der Waals surface area contributed by atoms with Gasteiger partial charge < -0.3 is 35.5 Å². The summed E-state index contributed by atoms with van der Waals surface area (Å²) >= 11 is 0. The highest BCUT2D eigenvalue weighted by Gasteiger charge is 2.44. The van der Waals surface area contributed by atoms with Crippen LogP contribution in [0.15, 0.2) is 31.1 Å². The Hall–Kier alpha value is -3.52. The van der Waals surface area contributed by atoms with Crippen molar-refractivity contribution in [3.05, 3.63) is 31.1 Å². The molecule has 4 aromatic rings. The number of phenols is 2. The van der Waals surface area contributed by atoms with E-state index in [0.29, 0.717) is 28.9 Å². The van der Waals surface area contributed by atoms with Crippen molar-refractivity contribution in [2.75, 3.05) is 12.3 Å². The minimum atomic E-state index is -1.20. The summed E-state index contributed by atoms with van der Waals surface area (Å²) in [5.74, 6) is -0.277. The van der Waals surface area contributed by atoms with Crippen LogP contribution in [0.4, 0.5) is 5.82 Å². The van der Waals surface area contributed by atoms with Gasteiger partial charge >= 0.3 is 0 Å². The summed E-state index contributed by atoms with van der Waals surface area (Å²) in [6, 6.07) is 2.79. The summed E-state index contributed by atoms with van der Waals surface area (Å²) in [5.41, 5.74) is 7.73. The average molecular weight is 428 g/mol. The number of hydrogen-bond donors (Lipinski definition) is 6. The zero-order chi connectivity index (χ0) is 21.7. The number of fused-ring (bicyclic) bond motifs is 2. The molecule has 1 aromatic carbocycles. The number of nitrogen functional groups attached to an aromatic ring is 1. The molecule has 1 aliphatic heterocycles. The number of rotatable bonds is 5. The summed E-state index contributed by atoms with van der Waals surface area (Å²) in [6.45, 7) is 0.522. The minimum absolute atomic E-state index is 0.210. The third-order valence-electron chi connectivity index (χ3n) is 5.34. The van der Waals surface area contributed by atoms with Crippen LogP contribution in [0.2, 0.25) is 0 Å². The maximum Gasteiger partial charge on any atom is 0.167 e. The molecule has 31 heavy (non-hydrogen) atoms. The molecule has 3 aromatic heterocycles. The Bertz CT molecular complexity index is 1260. The number of aromatic hydroxyl groups is 2. The number of hydrogen-bond acceptors (Lipinski definition) is 11. The molecule has 4 heterocycles. The largest absolute Gasteiger partial charge is 0.504 e. The lowest BCUT2D eigenvalue weighted by Crippen LogP contribution is -2.38. The highest BCUT2D eigenvalue weighted by Crippen LogP contribution is 2.32. The summed E-state index contributed by atoms with van der Waals surface area (Å²) in [5, 5.41) is 43.4. The zero-order valence-corrected chi connectivity index (χ0v) is 16.1. The summed E-state index contributed by atoms with van der Waals surface area (Å²) < 4.78 is 9.12. The predicted molar refractivity (Wildman–Crippen MR) is 107 cm³/mol. The third-order valence-corrected chi connectivity index (χ3v) is 5.34. The molecule has 0 saturated carbocycles. The fraction of sp³-hybridized carbons (Fsp3) is 0.333. The Morgan fingerprint density at radius 2 is 1.84 bits per heavy atom. The van der Waals surface area contributed by atoms with Crippen molar-refractivity contribution in [1.29, 1.82) is 0 Å². The van der Waals surface area contributed by atoms with Crippen LogP contribution in [-0.4, -0.2) is 74.4 Å². The minimum Gasteiger partial charge on any atom is -0.504 e. The molecule has 1 aliphatic rings. The van der Waals surface area contributed by atoms with Gasteiger partial charge in [-0.15, -0.1) is 0 Å². The fourth-order valence-corrected chi connectivity index (χ4v) is 3.72. The Kier molecular flexibility index (Phi) is 4.59. The number of aromatic nitrogens is 6. The van der Waals surface area contributed by atoms with E-state index in [1.165, 1.54) is 29.4 Å². The van der Waals surface area contributed by atoms with Crippen LogP contribution in [0.25, 0.3) is 22.2 Å². The summed E-state index contributed by atoms with van der Waals surface area (Å²) in [7, 11) is 0. The predicted octanol–water partition coefficient (Wildman–Crippen LogP) is -0.964. The van der Waals surface area contributed by atoms with Crippen LogP contribution in [0, 0.1) is 0 Å². The second-order valence-corrected chi connectivity index (χ2v) is 7.29. The summed E-state index contributed by atoms with van der Waals surface area (Å²) in [4.78, 5) is 16.4. The normalized spacial score (nSPS) is 23.8. The number of nitrogens with one attached hydrogen (secondary N) is 1. The molecule has 0 aliphatic carbocycles. The number of aliphatic hydroxyl groups is 2. The van der Waals surface area contributed by atoms with Crippen LogP contribution < -0.4 is 11.1 Å². The smallest absolute Gasteiger partial charge is 0.167 e. The van der Waals surface area contributed by atoms with Crippen molar-refractivity contribution in [2.45, 2.75) is 31.2 Å². The Morgan fingerprint density at radius 1 is 1.03 bits per heavy atom. The molecule has 4 unspecified atom stereocenters. The molecular weight excluding hydrogens is 408 g/mol. The van der Waals surface area contributed by atoms with Crippen LogP contribution in [-0.2, 0) is 11.4 Å². The Balaban J connectivity index is 1.29. The van der Waals surface area contributed by atoms with Gasteiger partial charge in [-0.1, -0.05) is 0 Å². The average Bonchev–Trinajstić information content (AvgIpc) is 3.42. The van der Waals surface area contributed by atoms with E-state index in [0.717, 1.165) is 0 Å². The first-order valence-electron chi connectivity index (χ1n) is 9.46. The maximum absolute atomic E-state index is 10.5. The van der Waals surface area contributed by atoms with Crippen LogP contribution in [0.5, 0.6) is 11.5 Å². The third kappa shape index (κ3) is 3.19. The second kappa shape index (κ2) is 7.31. The molecule has 0 spiro atoms. The van der Waals surface area contributed by atoms with E-state index >= 15 is 0 Å². The summed E-state index contributed by atoms with van der Waals surface area (Å²) in [6.07, 6.45) is 0.343. The molecular formula is C18H20N8O5. The van der Waals surface area contributed by atoms with Crippen molar-refractivity contribution in [3.8, 4) is 11.5 Å². The monoisotopic (exact) mass is 428 g/mol. The lowest BCUT2D eigenvalue weighted by atomic mass is 10.1. The molecule has 1 saturated heterocycles. The molecule has 162 valence electrons. The van der Waals surface area contributed by atoms with Crippen molar-refractivity contribution >= 4 is 28.0 Å². The van der Waals surface area contributed by atoms with Crippen LogP contribution in [0.3, 0.4) is 0 Å². The van der Waals surface area contributed by atoms with Gasteiger partial charge in [0.25, 0.3) is 0 Å². The Morgan fingerprint density at radius 3 is 2.68 bits per heavy atom. The van der Waals surface area contributed by atoms with Crippen LogP contribution >= 0.6 is 0 Å². The van der Waals surface area contributed by atoms with E-state index in [1.54, 1.807) is 10.9 Å². The van der Waals surface area contributed by atoms with Crippen molar-refractivity contribution in [2.24, 2.45) is 0 Å². The molecule has 1 fully saturated rings. The number of imidazole rings is 2. The number of phenolic OH excluding ortho intramolecular Hbond substituents is 2. The standard InChI is InChI=1S/C18H20N8O5/c19-16-13-17(22-4-21-16)26(7-24-13)18-15(30)14(29)12(31-18)3-20-5-25-6-23-8-1-10(27)11(28)2-9(8)25/h1-2,4,6-7,12,14-15,18,20,27-30H,3,5H2,(H2,19,21,22). The van der Waals surface area contributed by atoms with E-state index in [1.807, 2.05) is 0 Å². The van der Waals surface area contributed by atoms with Gasteiger partial charge in [0, 0.05) is 18.7 Å². The number of ether oxygens (including phenoxy) is 1. The zero-order valence-electron chi connectivity index (χ0n) is 16.1. The lowest BCUT2D eigenvalue weighted by molar-refractivity contribution is -0.0345. The fourth-order valence-electron chi connectivity index (χ4n) is 3.72. The van der Waals surface area contributed by atoms with E-state index in [4.69, 9.17) is 10.5 Å². The first-order chi connectivity index (χ1) is 14.9. The number of nitrogens with zero attached hydrogens (tertiary/aromatic N) is 6. The van der Waals surface area contributed by atoms with Crippen molar-refractivity contribution < 1.29 is 25.2 Å². The van der Waals surface area contributed by atoms with Crippen molar-refractivity contribution in [1.82, 2.24) is 34.4 Å². The highest BCUT2D eigenvalue weighted by atomic mass is 16.6. The van der Waals surface area contributed by atoms with Gasteiger partial charge in [0.1, 0.15) is 30.2 Å². The van der Waals surface area contributed by atoms with Crippen LogP contribution in [0.1, 0.15) is 6.23 Å². The first kappa shape index (κ1) is 19.4. The molecule has 0 radical (unpaired) electrons. The van der Waals surface area contributed by atoms with E-state index < -0.39 is 24.5 Å². The van der Waals surface area contributed by atoms with Gasteiger partial charge in [0.2, 0.25) is 0 Å². The Labute approximate surface area is 174 Å². The lowest BCUT2D eigenvalue weighted by Gasteiger charge is -2.16. The molecule has 13 nitrogen and oxygen atoms in total. The van der Waals surface area contributed by atoms with Crippen molar-refractivity contribution in [3.63, 3.8) is 0 Å². The maximum atomic E-state index is 10.5. The van der Waals surface area contributed by atoms with Gasteiger partial charge in [-0.05, 0) is 0 Å². The van der Waals surface area contributed by atoms with Gasteiger partial charge in [0.05, 0.1) is 30.4 Å². The van der Waals surface area contributed by atoms with E-state index in [9.17, 15) is 20.4 Å². The van der Waals surface area contributed by atoms with Gasteiger partial charge in [-0.3, -0.25) is 9.88 Å². The number of benzene rings is 1. The molecule has 0 amide bonds. The topological polar surface area (TPSA) is 190 Å². The highest BCUT2D eigenvalue weighted by molar-refractivity contribution is 5.81.